The average molecular weight is 364 g/mol. The summed E-state index contributed by atoms with van der Waals surface area (Å²) in [4.78, 5) is 28.2. The van der Waals surface area contributed by atoms with Crippen LogP contribution in [-0.2, 0) is 4.79 Å². The summed E-state index contributed by atoms with van der Waals surface area (Å²) >= 11 is 6.29. The number of halogens is 1. The lowest BCUT2D eigenvalue weighted by molar-refractivity contribution is -0.122. The van der Waals surface area contributed by atoms with Crippen molar-refractivity contribution in [1.29, 1.82) is 0 Å². The smallest absolute Gasteiger partial charge is 0.255 e. The molecular weight excluding hydrogens is 342 g/mol. The second-order valence-electron chi connectivity index (χ2n) is 6.22. The Hall–Kier alpha value is -2.05. The molecule has 3 rings (SSSR count). The van der Waals surface area contributed by atoms with E-state index >= 15 is 0 Å². The first-order valence-corrected chi connectivity index (χ1v) is 8.91. The number of H-pyrrole nitrogens is 1. The van der Waals surface area contributed by atoms with E-state index in [1.54, 1.807) is 12.3 Å². The fourth-order valence-electron chi connectivity index (χ4n) is 3.10. The van der Waals surface area contributed by atoms with Crippen molar-refractivity contribution in [2.75, 3.05) is 26.2 Å². The summed E-state index contributed by atoms with van der Waals surface area (Å²) in [5.41, 5.74) is -0.162. The molecule has 134 valence electrons. The van der Waals surface area contributed by atoms with Crippen molar-refractivity contribution in [3.05, 3.63) is 39.8 Å². The van der Waals surface area contributed by atoms with E-state index in [0.717, 1.165) is 31.3 Å². The number of hydrogen-bond acceptors (Lipinski definition) is 4. The highest BCUT2D eigenvalue weighted by atomic mass is 35.5. The van der Waals surface area contributed by atoms with E-state index in [4.69, 9.17) is 16.3 Å². The zero-order chi connectivity index (χ0) is 17.8. The normalized spacial score (nSPS) is 16.1. The minimum Gasteiger partial charge on any atom is -0.489 e. The average Bonchev–Trinajstić information content (AvgIpc) is 2.58. The van der Waals surface area contributed by atoms with E-state index in [2.05, 4.69) is 15.2 Å². The molecule has 0 saturated carbocycles. The van der Waals surface area contributed by atoms with Crippen molar-refractivity contribution >= 4 is 28.3 Å². The van der Waals surface area contributed by atoms with E-state index in [1.165, 1.54) is 0 Å². The zero-order valence-electron chi connectivity index (χ0n) is 14.2. The Kier molecular flexibility index (Phi) is 5.60. The molecule has 1 fully saturated rings. The van der Waals surface area contributed by atoms with E-state index in [-0.39, 0.29) is 17.6 Å². The highest BCUT2D eigenvalue weighted by molar-refractivity contribution is 6.32. The highest BCUT2D eigenvalue weighted by Gasteiger charge is 2.22. The summed E-state index contributed by atoms with van der Waals surface area (Å²) in [6, 6.07) is 5.29. The van der Waals surface area contributed by atoms with Gasteiger partial charge in [-0.2, -0.15) is 0 Å². The van der Waals surface area contributed by atoms with Gasteiger partial charge < -0.3 is 15.0 Å². The molecule has 0 aliphatic carbocycles. The van der Waals surface area contributed by atoms with Crippen LogP contribution in [0.4, 0.5) is 0 Å². The fourth-order valence-corrected chi connectivity index (χ4v) is 3.31. The number of likely N-dealkylation sites (tertiary alicyclic amines) is 1. The predicted molar refractivity (Wildman–Crippen MR) is 98.4 cm³/mol. The third kappa shape index (κ3) is 4.32. The lowest BCUT2D eigenvalue weighted by atomic mass is 10.1. The quantitative estimate of drug-likeness (QED) is 0.853. The van der Waals surface area contributed by atoms with Crippen LogP contribution in [0.15, 0.2) is 29.2 Å². The van der Waals surface area contributed by atoms with Crippen LogP contribution in [0.3, 0.4) is 0 Å². The molecule has 2 heterocycles. The molecule has 1 amide bonds. The summed E-state index contributed by atoms with van der Waals surface area (Å²) in [6.45, 7) is 4.63. The van der Waals surface area contributed by atoms with Crippen LogP contribution in [0.25, 0.3) is 10.8 Å². The minimum absolute atomic E-state index is 0.0578. The number of carbonyl (C=O) groups is 1. The number of fused-ring (bicyclic) bond motifs is 1. The molecule has 2 N–H and O–H groups in total. The third-order valence-electron chi connectivity index (χ3n) is 4.40. The van der Waals surface area contributed by atoms with Gasteiger partial charge in [0.25, 0.3) is 5.56 Å². The number of aromatic nitrogens is 1. The summed E-state index contributed by atoms with van der Waals surface area (Å²) in [6.07, 6.45) is 3.34. The number of piperidine rings is 1. The number of benzene rings is 1. The van der Waals surface area contributed by atoms with Crippen molar-refractivity contribution in [2.24, 2.45) is 0 Å². The Morgan fingerprint density at radius 3 is 2.88 bits per heavy atom. The van der Waals surface area contributed by atoms with Crippen molar-refractivity contribution in [2.45, 2.75) is 25.9 Å². The van der Waals surface area contributed by atoms with Gasteiger partial charge in [-0.3, -0.25) is 14.5 Å². The first-order chi connectivity index (χ1) is 12.1. The molecule has 0 atom stereocenters. The summed E-state index contributed by atoms with van der Waals surface area (Å²) in [5.74, 6) is 0.659. The number of carbonyl (C=O) groups excluding carboxylic acids is 1. The molecule has 1 aliphatic heterocycles. The van der Waals surface area contributed by atoms with Gasteiger partial charge in [0.1, 0.15) is 11.9 Å². The van der Waals surface area contributed by atoms with Gasteiger partial charge >= 0.3 is 0 Å². The standard InChI is InChI=1S/C18H22ClN3O3/c1-2-20-17(23)11-22-7-4-13(5-8-22)25-16-9-12-3-6-21-18(24)14(12)10-15(16)19/h3,6,9-10,13H,2,4-5,7-8,11H2,1H3,(H,20,23)(H,21,24). The van der Waals surface area contributed by atoms with Crippen LogP contribution in [0.5, 0.6) is 5.75 Å². The number of nitrogens with one attached hydrogen (secondary N) is 2. The molecule has 6 nitrogen and oxygen atoms in total. The molecule has 25 heavy (non-hydrogen) atoms. The molecule has 0 radical (unpaired) electrons. The van der Waals surface area contributed by atoms with E-state index in [0.29, 0.717) is 29.2 Å². The number of rotatable bonds is 5. The fraction of sp³-hybridized carbons (Fsp3) is 0.444. The number of ether oxygens (including phenoxy) is 1. The van der Waals surface area contributed by atoms with Crippen molar-refractivity contribution in [3.63, 3.8) is 0 Å². The number of amides is 1. The maximum atomic E-state index is 11.8. The summed E-state index contributed by atoms with van der Waals surface area (Å²) in [5, 5.41) is 4.61. The van der Waals surface area contributed by atoms with E-state index in [1.807, 2.05) is 19.1 Å². The molecule has 1 aromatic carbocycles. The summed E-state index contributed by atoms with van der Waals surface area (Å²) in [7, 11) is 0. The van der Waals surface area contributed by atoms with Crippen LogP contribution in [-0.4, -0.2) is 48.1 Å². The molecule has 1 aliphatic rings. The monoisotopic (exact) mass is 363 g/mol. The van der Waals surface area contributed by atoms with Crippen molar-refractivity contribution in [3.8, 4) is 5.75 Å². The molecule has 0 bridgehead atoms. The van der Waals surface area contributed by atoms with Gasteiger partial charge in [-0.05, 0) is 43.4 Å². The van der Waals surface area contributed by atoms with E-state index < -0.39 is 0 Å². The Labute approximate surface area is 151 Å². The second kappa shape index (κ2) is 7.89. The Morgan fingerprint density at radius 2 is 2.16 bits per heavy atom. The van der Waals surface area contributed by atoms with Crippen LogP contribution in [0, 0.1) is 0 Å². The van der Waals surface area contributed by atoms with Crippen LogP contribution < -0.4 is 15.6 Å². The van der Waals surface area contributed by atoms with Gasteiger partial charge in [0.2, 0.25) is 5.91 Å². The van der Waals surface area contributed by atoms with Gasteiger partial charge in [0.15, 0.2) is 0 Å². The Bertz CT molecular complexity index is 813. The second-order valence-corrected chi connectivity index (χ2v) is 6.63. The maximum absolute atomic E-state index is 11.8. The van der Waals surface area contributed by atoms with E-state index in [9.17, 15) is 9.59 Å². The number of aromatic amines is 1. The molecule has 1 saturated heterocycles. The van der Waals surface area contributed by atoms with Crippen LogP contribution >= 0.6 is 11.6 Å². The summed E-state index contributed by atoms with van der Waals surface area (Å²) < 4.78 is 6.06. The lowest BCUT2D eigenvalue weighted by Crippen LogP contribution is -2.43. The van der Waals surface area contributed by atoms with Crippen molar-refractivity contribution in [1.82, 2.24) is 15.2 Å². The molecule has 0 spiro atoms. The van der Waals surface area contributed by atoms with Crippen LogP contribution in [0.1, 0.15) is 19.8 Å². The van der Waals surface area contributed by atoms with Crippen LogP contribution in [0.2, 0.25) is 5.02 Å². The topological polar surface area (TPSA) is 74.4 Å². The van der Waals surface area contributed by atoms with Crippen molar-refractivity contribution < 1.29 is 9.53 Å². The van der Waals surface area contributed by atoms with Gasteiger partial charge in [0, 0.05) is 31.2 Å². The molecule has 0 unspecified atom stereocenters. The minimum atomic E-state index is -0.162. The lowest BCUT2D eigenvalue weighted by Gasteiger charge is -2.31. The SMILES string of the molecule is CCNC(=O)CN1CCC(Oc2cc3cc[nH]c(=O)c3cc2Cl)CC1. The molecular formula is C18H22ClN3O3. The third-order valence-corrected chi connectivity index (χ3v) is 4.69. The first-order valence-electron chi connectivity index (χ1n) is 8.53. The first kappa shape index (κ1) is 17.8. The van der Waals surface area contributed by atoms with Gasteiger partial charge in [-0.1, -0.05) is 11.6 Å². The number of likely N-dealkylation sites (N-methyl/N-ethyl adjacent to an activating group) is 1. The Balaban J connectivity index is 1.62. The Morgan fingerprint density at radius 1 is 1.40 bits per heavy atom. The predicted octanol–water partition coefficient (Wildman–Crippen LogP) is 2.16. The highest BCUT2D eigenvalue weighted by Crippen LogP contribution is 2.30. The largest absolute Gasteiger partial charge is 0.489 e. The number of pyridine rings is 1. The zero-order valence-corrected chi connectivity index (χ0v) is 14.9. The molecule has 7 heteroatoms. The molecule has 2 aromatic rings. The molecule has 1 aromatic heterocycles. The van der Waals surface area contributed by atoms with Gasteiger partial charge in [0.05, 0.1) is 11.6 Å². The van der Waals surface area contributed by atoms with Gasteiger partial charge in [-0.25, -0.2) is 0 Å². The van der Waals surface area contributed by atoms with Gasteiger partial charge in [-0.15, -0.1) is 0 Å². The number of hydrogen-bond donors (Lipinski definition) is 2. The maximum Gasteiger partial charge on any atom is 0.255 e. The number of nitrogens with zero attached hydrogens (tertiary/aromatic N) is 1.